The first-order valence-corrected chi connectivity index (χ1v) is 7.25. The lowest BCUT2D eigenvalue weighted by Gasteiger charge is -2.25. The highest BCUT2D eigenvalue weighted by atomic mass is 32.2. The standard InChI is InChI=1S/C11H17N3O2S/c12-7-10-11(5-2-6-13-10)17(15,16)14-8-9-3-1-4-9/h2,5-6,9,14H,1,3-4,7-8,12H2. The zero-order valence-electron chi connectivity index (χ0n) is 9.59. The lowest BCUT2D eigenvalue weighted by Crippen LogP contribution is -2.33. The van der Waals surface area contributed by atoms with Gasteiger partial charge < -0.3 is 5.73 Å². The normalized spacial score (nSPS) is 16.8. The van der Waals surface area contributed by atoms with Crippen LogP contribution in [0, 0.1) is 5.92 Å². The Labute approximate surface area is 101 Å². The molecule has 0 aliphatic heterocycles. The first-order valence-electron chi connectivity index (χ1n) is 5.77. The van der Waals surface area contributed by atoms with E-state index in [1.165, 1.54) is 12.5 Å². The van der Waals surface area contributed by atoms with Crippen LogP contribution in [0.15, 0.2) is 23.2 Å². The monoisotopic (exact) mass is 255 g/mol. The topological polar surface area (TPSA) is 85.1 Å². The van der Waals surface area contributed by atoms with Gasteiger partial charge in [0.2, 0.25) is 10.0 Å². The number of nitrogens with one attached hydrogen (secondary N) is 1. The van der Waals surface area contributed by atoms with Gasteiger partial charge in [-0.05, 0) is 30.9 Å². The highest BCUT2D eigenvalue weighted by Crippen LogP contribution is 2.25. The van der Waals surface area contributed by atoms with Gasteiger partial charge in [-0.25, -0.2) is 13.1 Å². The number of hydrogen-bond acceptors (Lipinski definition) is 4. The van der Waals surface area contributed by atoms with Gasteiger partial charge in [0.1, 0.15) is 4.90 Å². The van der Waals surface area contributed by atoms with Crippen molar-refractivity contribution in [1.29, 1.82) is 0 Å². The fraction of sp³-hybridized carbons (Fsp3) is 0.545. The van der Waals surface area contributed by atoms with Crippen LogP contribution in [0.25, 0.3) is 0 Å². The van der Waals surface area contributed by atoms with E-state index < -0.39 is 10.0 Å². The number of sulfonamides is 1. The van der Waals surface area contributed by atoms with Crippen molar-refractivity contribution in [2.24, 2.45) is 11.7 Å². The Morgan fingerprint density at radius 1 is 1.47 bits per heavy atom. The molecule has 0 aromatic carbocycles. The van der Waals surface area contributed by atoms with Crippen LogP contribution in [0.1, 0.15) is 25.0 Å². The smallest absolute Gasteiger partial charge is 0.242 e. The van der Waals surface area contributed by atoms with Gasteiger partial charge >= 0.3 is 0 Å². The lowest BCUT2D eigenvalue weighted by molar-refractivity contribution is 0.316. The molecular formula is C11H17N3O2S. The second kappa shape index (κ2) is 5.12. The molecule has 2 rings (SSSR count). The second-order valence-corrected chi connectivity index (χ2v) is 6.04. The van der Waals surface area contributed by atoms with Crippen molar-refractivity contribution in [3.05, 3.63) is 24.0 Å². The Morgan fingerprint density at radius 2 is 2.24 bits per heavy atom. The maximum absolute atomic E-state index is 12.0. The minimum atomic E-state index is -3.47. The van der Waals surface area contributed by atoms with E-state index in [0.717, 1.165) is 12.8 Å². The van der Waals surface area contributed by atoms with Gasteiger partial charge in [0, 0.05) is 19.3 Å². The summed E-state index contributed by atoms with van der Waals surface area (Å²) < 4.78 is 26.7. The number of rotatable bonds is 5. The van der Waals surface area contributed by atoms with Gasteiger partial charge in [-0.15, -0.1) is 0 Å². The Bertz CT molecular complexity index is 483. The van der Waals surface area contributed by atoms with Crippen molar-refractivity contribution in [2.75, 3.05) is 6.54 Å². The molecule has 0 spiro atoms. The van der Waals surface area contributed by atoms with Gasteiger partial charge in [0.05, 0.1) is 5.69 Å². The minimum Gasteiger partial charge on any atom is -0.325 e. The van der Waals surface area contributed by atoms with Gasteiger partial charge in [-0.1, -0.05) is 6.42 Å². The van der Waals surface area contributed by atoms with E-state index in [4.69, 9.17) is 5.73 Å². The molecular weight excluding hydrogens is 238 g/mol. The lowest BCUT2D eigenvalue weighted by atomic mass is 9.86. The van der Waals surface area contributed by atoms with E-state index in [2.05, 4.69) is 9.71 Å². The van der Waals surface area contributed by atoms with E-state index in [1.807, 2.05) is 0 Å². The summed E-state index contributed by atoms with van der Waals surface area (Å²) in [6.45, 7) is 0.641. The third kappa shape index (κ3) is 2.83. The quantitative estimate of drug-likeness (QED) is 0.807. The molecule has 17 heavy (non-hydrogen) atoms. The molecule has 3 N–H and O–H groups in total. The van der Waals surface area contributed by atoms with Gasteiger partial charge in [-0.3, -0.25) is 4.98 Å². The first-order chi connectivity index (χ1) is 8.13. The number of aromatic nitrogens is 1. The molecule has 0 radical (unpaired) electrons. The summed E-state index contributed by atoms with van der Waals surface area (Å²) >= 11 is 0. The largest absolute Gasteiger partial charge is 0.325 e. The van der Waals surface area contributed by atoms with Crippen LogP contribution < -0.4 is 10.5 Å². The van der Waals surface area contributed by atoms with Crippen molar-refractivity contribution in [2.45, 2.75) is 30.7 Å². The molecule has 0 saturated heterocycles. The Morgan fingerprint density at radius 3 is 2.82 bits per heavy atom. The van der Waals surface area contributed by atoms with Gasteiger partial charge in [0.15, 0.2) is 0 Å². The molecule has 1 fully saturated rings. The zero-order valence-corrected chi connectivity index (χ0v) is 10.4. The summed E-state index contributed by atoms with van der Waals surface area (Å²) in [6, 6.07) is 3.15. The molecule has 1 aromatic heterocycles. The van der Waals surface area contributed by atoms with Crippen LogP contribution in [0.3, 0.4) is 0 Å². The molecule has 0 atom stereocenters. The van der Waals surface area contributed by atoms with Crippen LogP contribution in [0.2, 0.25) is 0 Å². The number of pyridine rings is 1. The molecule has 1 aliphatic carbocycles. The van der Waals surface area contributed by atoms with Gasteiger partial charge in [0.25, 0.3) is 0 Å². The fourth-order valence-electron chi connectivity index (χ4n) is 1.82. The SMILES string of the molecule is NCc1ncccc1S(=O)(=O)NCC1CCC1. The number of hydrogen-bond donors (Lipinski definition) is 2. The maximum Gasteiger partial charge on any atom is 0.242 e. The summed E-state index contributed by atoms with van der Waals surface area (Å²) in [5.41, 5.74) is 5.90. The summed E-state index contributed by atoms with van der Waals surface area (Å²) in [7, 11) is -3.47. The average molecular weight is 255 g/mol. The summed E-state index contributed by atoms with van der Waals surface area (Å²) in [5.74, 6) is 0.489. The van der Waals surface area contributed by atoms with E-state index in [1.54, 1.807) is 12.3 Å². The Balaban J connectivity index is 2.12. The predicted molar refractivity (Wildman–Crippen MR) is 64.7 cm³/mol. The molecule has 1 heterocycles. The molecule has 1 aliphatic rings. The summed E-state index contributed by atoms with van der Waals surface area (Å²) in [6.07, 6.45) is 4.97. The molecule has 1 saturated carbocycles. The second-order valence-electron chi connectivity index (χ2n) is 4.30. The number of nitrogens with two attached hydrogens (primary N) is 1. The third-order valence-electron chi connectivity index (χ3n) is 3.12. The molecule has 5 nitrogen and oxygen atoms in total. The average Bonchev–Trinajstić information content (AvgIpc) is 2.26. The summed E-state index contributed by atoms with van der Waals surface area (Å²) in [4.78, 5) is 4.18. The predicted octanol–water partition coefficient (Wildman–Crippen LogP) is 0.619. The van der Waals surface area contributed by atoms with E-state index in [-0.39, 0.29) is 11.4 Å². The van der Waals surface area contributed by atoms with Crippen LogP contribution in [0.5, 0.6) is 0 Å². The molecule has 0 unspecified atom stereocenters. The van der Waals surface area contributed by atoms with E-state index in [0.29, 0.717) is 18.2 Å². The maximum atomic E-state index is 12.0. The van der Waals surface area contributed by atoms with Crippen LogP contribution >= 0.6 is 0 Å². The molecule has 1 aromatic rings. The van der Waals surface area contributed by atoms with Crippen molar-refractivity contribution >= 4 is 10.0 Å². The highest BCUT2D eigenvalue weighted by molar-refractivity contribution is 7.89. The van der Waals surface area contributed by atoms with Crippen LogP contribution in [0.4, 0.5) is 0 Å². The molecule has 6 heteroatoms. The van der Waals surface area contributed by atoms with Gasteiger partial charge in [-0.2, -0.15) is 0 Å². The highest BCUT2D eigenvalue weighted by Gasteiger charge is 2.22. The molecule has 0 bridgehead atoms. The summed E-state index contributed by atoms with van der Waals surface area (Å²) in [5, 5.41) is 0. The molecule has 94 valence electrons. The fourth-order valence-corrected chi connectivity index (χ4v) is 3.14. The molecule has 0 amide bonds. The van der Waals surface area contributed by atoms with Crippen molar-refractivity contribution in [3.63, 3.8) is 0 Å². The van der Waals surface area contributed by atoms with Crippen LogP contribution in [-0.2, 0) is 16.6 Å². The van der Waals surface area contributed by atoms with E-state index in [9.17, 15) is 8.42 Å². The Kier molecular flexibility index (Phi) is 3.76. The van der Waals surface area contributed by atoms with Crippen molar-refractivity contribution in [1.82, 2.24) is 9.71 Å². The van der Waals surface area contributed by atoms with Crippen molar-refractivity contribution < 1.29 is 8.42 Å². The zero-order chi connectivity index (χ0) is 12.3. The van der Waals surface area contributed by atoms with E-state index >= 15 is 0 Å². The van der Waals surface area contributed by atoms with Crippen molar-refractivity contribution in [3.8, 4) is 0 Å². The Hall–Kier alpha value is -0.980. The third-order valence-corrected chi connectivity index (χ3v) is 4.62. The number of nitrogens with zero attached hydrogens (tertiary/aromatic N) is 1. The first kappa shape index (κ1) is 12.5. The minimum absolute atomic E-state index is 0.126. The van der Waals surface area contributed by atoms with Crippen LogP contribution in [-0.4, -0.2) is 19.9 Å².